The minimum Gasteiger partial charge on any atom is -0.342 e. The summed E-state index contributed by atoms with van der Waals surface area (Å²) in [6, 6.07) is 0. The summed E-state index contributed by atoms with van der Waals surface area (Å²) in [5.41, 5.74) is 0. The second-order valence-corrected chi connectivity index (χ2v) is 4.96. The maximum absolute atomic E-state index is 12.0. The predicted octanol–water partition coefficient (Wildman–Crippen LogP) is 1.24. The number of likely N-dealkylation sites (tertiary alicyclic amines) is 1. The van der Waals surface area contributed by atoms with Gasteiger partial charge in [0.1, 0.15) is 0 Å². The summed E-state index contributed by atoms with van der Waals surface area (Å²) in [6.07, 6.45) is 5.95. The highest BCUT2D eigenvalue weighted by molar-refractivity contribution is 5.79. The van der Waals surface area contributed by atoms with Crippen LogP contribution in [0.4, 0.5) is 0 Å². The molecule has 15 heavy (non-hydrogen) atoms. The minimum atomic E-state index is 0.382. The molecule has 1 aliphatic carbocycles. The molecule has 0 aromatic rings. The highest BCUT2D eigenvalue weighted by Crippen LogP contribution is 2.30. The zero-order valence-corrected chi connectivity index (χ0v) is 9.67. The maximum Gasteiger partial charge on any atom is 0.225 e. The fraction of sp³-hybridized carbons (Fsp3) is 0.917. The average molecular weight is 210 g/mol. The number of carbonyl (C=O) groups excluding carboxylic acids is 1. The van der Waals surface area contributed by atoms with Crippen molar-refractivity contribution in [2.24, 2.45) is 11.8 Å². The van der Waals surface area contributed by atoms with Crippen molar-refractivity contribution in [2.75, 3.05) is 26.7 Å². The standard InChI is InChI=1S/C12H22N2O/c1-13-7-5-10-6-8-14(9-10)12(15)11-3-2-4-11/h10-11,13H,2-9H2,1H3. The number of hydrogen-bond acceptors (Lipinski definition) is 2. The Labute approximate surface area is 92.2 Å². The summed E-state index contributed by atoms with van der Waals surface area (Å²) in [5.74, 6) is 1.56. The molecule has 1 heterocycles. The van der Waals surface area contributed by atoms with Gasteiger partial charge < -0.3 is 10.2 Å². The van der Waals surface area contributed by atoms with Crippen LogP contribution in [0.1, 0.15) is 32.1 Å². The van der Waals surface area contributed by atoms with Crippen molar-refractivity contribution in [3.8, 4) is 0 Å². The molecule has 0 spiro atoms. The first-order valence-corrected chi connectivity index (χ1v) is 6.24. The van der Waals surface area contributed by atoms with Gasteiger partial charge in [-0.05, 0) is 45.2 Å². The molecule has 0 aromatic carbocycles. The van der Waals surface area contributed by atoms with Crippen LogP contribution in [0, 0.1) is 11.8 Å². The quantitative estimate of drug-likeness (QED) is 0.757. The fourth-order valence-electron chi connectivity index (χ4n) is 2.53. The molecular formula is C12H22N2O. The van der Waals surface area contributed by atoms with Crippen molar-refractivity contribution in [1.82, 2.24) is 10.2 Å². The van der Waals surface area contributed by atoms with Gasteiger partial charge in [0.05, 0.1) is 0 Å². The number of nitrogens with zero attached hydrogens (tertiary/aromatic N) is 1. The van der Waals surface area contributed by atoms with Gasteiger partial charge in [0.15, 0.2) is 0 Å². The molecule has 1 atom stereocenters. The maximum atomic E-state index is 12.0. The molecule has 3 heteroatoms. The van der Waals surface area contributed by atoms with E-state index in [1.54, 1.807) is 0 Å². The molecule has 86 valence electrons. The average Bonchev–Trinajstić information content (AvgIpc) is 2.60. The summed E-state index contributed by atoms with van der Waals surface area (Å²) >= 11 is 0. The van der Waals surface area contributed by atoms with Gasteiger partial charge in [-0.15, -0.1) is 0 Å². The van der Waals surface area contributed by atoms with E-state index in [-0.39, 0.29) is 0 Å². The van der Waals surface area contributed by atoms with E-state index in [0.29, 0.717) is 11.8 Å². The molecular weight excluding hydrogens is 188 g/mol. The zero-order chi connectivity index (χ0) is 10.7. The van der Waals surface area contributed by atoms with Crippen molar-refractivity contribution >= 4 is 5.91 Å². The van der Waals surface area contributed by atoms with Gasteiger partial charge in [-0.1, -0.05) is 6.42 Å². The lowest BCUT2D eigenvalue weighted by molar-refractivity contribution is -0.137. The van der Waals surface area contributed by atoms with E-state index in [4.69, 9.17) is 0 Å². The summed E-state index contributed by atoms with van der Waals surface area (Å²) in [5, 5.41) is 3.18. The van der Waals surface area contributed by atoms with Crippen LogP contribution in [0.2, 0.25) is 0 Å². The van der Waals surface area contributed by atoms with Crippen molar-refractivity contribution in [2.45, 2.75) is 32.1 Å². The van der Waals surface area contributed by atoms with Crippen LogP contribution in [0.15, 0.2) is 0 Å². The van der Waals surface area contributed by atoms with E-state index in [0.717, 1.165) is 38.4 Å². The summed E-state index contributed by atoms with van der Waals surface area (Å²) in [4.78, 5) is 14.1. The topological polar surface area (TPSA) is 32.3 Å². The van der Waals surface area contributed by atoms with E-state index >= 15 is 0 Å². The van der Waals surface area contributed by atoms with Gasteiger partial charge in [0.25, 0.3) is 0 Å². The van der Waals surface area contributed by atoms with Gasteiger partial charge >= 0.3 is 0 Å². The van der Waals surface area contributed by atoms with Gasteiger partial charge in [0, 0.05) is 19.0 Å². The van der Waals surface area contributed by atoms with Crippen molar-refractivity contribution in [1.29, 1.82) is 0 Å². The number of rotatable bonds is 4. The van der Waals surface area contributed by atoms with Gasteiger partial charge in [-0.3, -0.25) is 4.79 Å². The van der Waals surface area contributed by atoms with Crippen LogP contribution in [-0.2, 0) is 4.79 Å². The Kier molecular flexibility index (Phi) is 3.62. The third-order valence-electron chi connectivity index (χ3n) is 3.85. The largest absolute Gasteiger partial charge is 0.342 e. The molecule has 1 N–H and O–H groups in total. The molecule has 2 fully saturated rings. The molecule has 2 aliphatic rings. The third-order valence-corrected chi connectivity index (χ3v) is 3.85. The van der Waals surface area contributed by atoms with E-state index in [1.165, 1.54) is 19.3 Å². The number of amides is 1. The highest BCUT2D eigenvalue weighted by atomic mass is 16.2. The molecule has 1 amide bonds. The fourth-order valence-corrected chi connectivity index (χ4v) is 2.53. The van der Waals surface area contributed by atoms with E-state index < -0.39 is 0 Å². The van der Waals surface area contributed by atoms with Crippen LogP contribution in [0.25, 0.3) is 0 Å². The van der Waals surface area contributed by atoms with E-state index in [2.05, 4.69) is 10.2 Å². The predicted molar refractivity (Wildman–Crippen MR) is 60.6 cm³/mol. The minimum absolute atomic E-state index is 0.382. The summed E-state index contributed by atoms with van der Waals surface area (Å²) < 4.78 is 0. The van der Waals surface area contributed by atoms with Gasteiger partial charge in [-0.25, -0.2) is 0 Å². The molecule has 1 saturated heterocycles. The first-order chi connectivity index (χ1) is 7.31. The van der Waals surface area contributed by atoms with Crippen LogP contribution in [0.5, 0.6) is 0 Å². The zero-order valence-electron chi connectivity index (χ0n) is 9.67. The molecule has 0 radical (unpaired) electrons. The van der Waals surface area contributed by atoms with Crippen molar-refractivity contribution in [3.05, 3.63) is 0 Å². The number of hydrogen-bond donors (Lipinski definition) is 1. The van der Waals surface area contributed by atoms with Crippen LogP contribution in [-0.4, -0.2) is 37.5 Å². The molecule has 0 bridgehead atoms. The SMILES string of the molecule is CNCCC1CCN(C(=O)C2CCC2)C1. The monoisotopic (exact) mass is 210 g/mol. The number of carbonyl (C=O) groups is 1. The van der Waals surface area contributed by atoms with Gasteiger partial charge in [-0.2, -0.15) is 0 Å². The lowest BCUT2D eigenvalue weighted by Gasteiger charge is -2.29. The molecule has 3 nitrogen and oxygen atoms in total. The lowest BCUT2D eigenvalue weighted by atomic mass is 9.84. The van der Waals surface area contributed by atoms with Crippen molar-refractivity contribution in [3.63, 3.8) is 0 Å². The number of nitrogens with one attached hydrogen (secondary N) is 1. The first-order valence-electron chi connectivity index (χ1n) is 6.24. The molecule has 2 rings (SSSR count). The van der Waals surface area contributed by atoms with Crippen LogP contribution < -0.4 is 5.32 Å². The molecule has 1 unspecified atom stereocenters. The van der Waals surface area contributed by atoms with E-state index in [9.17, 15) is 4.79 Å². The Morgan fingerprint density at radius 3 is 2.80 bits per heavy atom. The first kappa shape index (κ1) is 10.9. The van der Waals surface area contributed by atoms with E-state index in [1.807, 2.05) is 7.05 Å². The highest BCUT2D eigenvalue weighted by Gasteiger charge is 2.33. The molecule has 1 aliphatic heterocycles. The van der Waals surface area contributed by atoms with Gasteiger partial charge in [0.2, 0.25) is 5.91 Å². The molecule has 0 aromatic heterocycles. The normalized spacial score (nSPS) is 26.7. The Hall–Kier alpha value is -0.570. The Morgan fingerprint density at radius 2 is 2.20 bits per heavy atom. The third kappa shape index (κ3) is 2.51. The summed E-state index contributed by atoms with van der Waals surface area (Å²) in [7, 11) is 1.99. The smallest absolute Gasteiger partial charge is 0.225 e. The summed E-state index contributed by atoms with van der Waals surface area (Å²) in [6.45, 7) is 3.09. The Morgan fingerprint density at radius 1 is 1.40 bits per heavy atom. The van der Waals surface area contributed by atoms with Crippen LogP contribution >= 0.6 is 0 Å². The Bertz CT molecular complexity index is 226. The Balaban J connectivity index is 1.73. The molecule has 1 saturated carbocycles. The second-order valence-electron chi connectivity index (χ2n) is 4.96. The lowest BCUT2D eigenvalue weighted by Crippen LogP contribution is -2.37. The van der Waals surface area contributed by atoms with Crippen molar-refractivity contribution < 1.29 is 4.79 Å². The second kappa shape index (κ2) is 4.97. The van der Waals surface area contributed by atoms with Crippen LogP contribution in [0.3, 0.4) is 0 Å².